The van der Waals surface area contributed by atoms with Crippen LogP contribution in [0.2, 0.25) is 0 Å². The summed E-state index contributed by atoms with van der Waals surface area (Å²) in [5.41, 5.74) is 0. The van der Waals surface area contributed by atoms with E-state index in [4.69, 9.17) is 9.84 Å². The fourth-order valence-corrected chi connectivity index (χ4v) is 2.38. The number of hydrogen-bond donors (Lipinski definition) is 1. The predicted octanol–water partition coefficient (Wildman–Crippen LogP) is 1.76. The summed E-state index contributed by atoms with van der Waals surface area (Å²) in [5.74, 6) is 0.925. The second-order valence-electron chi connectivity index (χ2n) is 3.36. The average Bonchev–Trinajstić information content (AvgIpc) is 2.45. The van der Waals surface area contributed by atoms with Gasteiger partial charge >= 0.3 is 5.97 Å². The van der Waals surface area contributed by atoms with Gasteiger partial charge in [0.05, 0.1) is 18.6 Å². The molecular formula is C9H16O3S. The van der Waals surface area contributed by atoms with E-state index in [1.165, 1.54) is 0 Å². The molecule has 0 radical (unpaired) electrons. The number of ether oxygens (including phenoxy) is 1. The lowest BCUT2D eigenvalue weighted by atomic mass is 10.2. The summed E-state index contributed by atoms with van der Waals surface area (Å²) in [6.45, 7) is 2.09. The predicted molar refractivity (Wildman–Crippen MR) is 53.1 cm³/mol. The van der Waals surface area contributed by atoms with Crippen molar-refractivity contribution in [3.8, 4) is 0 Å². The van der Waals surface area contributed by atoms with Gasteiger partial charge in [-0.15, -0.1) is 0 Å². The van der Waals surface area contributed by atoms with Gasteiger partial charge in [-0.1, -0.05) is 0 Å². The molecule has 13 heavy (non-hydrogen) atoms. The van der Waals surface area contributed by atoms with Crippen molar-refractivity contribution in [1.29, 1.82) is 0 Å². The van der Waals surface area contributed by atoms with Crippen molar-refractivity contribution in [3.63, 3.8) is 0 Å². The Balaban J connectivity index is 1.97. The molecule has 0 amide bonds. The van der Waals surface area contributed by atoms with E-state index in [1.54, 1.807) is 11.8 Å². The highest BCUT2D eigenvalue weighted by molar-refractivity contribution is 7.99. The van der Waals surface area contributed by atoms with Gasteiger partial charge in [0.25, 0.3) is 0 Å². The quantitative estimate of drug-likeness (QED) is 0.693. The van der Waals surface area contributed by atoms with Crippen molar-refractivity contribution in [2.75, 3.05) is 11.5 Å². The van der Waals surface area contributed by atoms with Gasteiger partial charge in [0.1, 0.15) is 0 Å². The van der Waals surface area contributed by atoms with Crippen LogP contribution in [0.1, 0.15) is 26.2 Å². The minimum Gasteiger partial charge on any atom is -0.481 e. The van der Waals surface area contributed by atoms with E-state index >= 15 is 0 Å². The Morgan fingerprint density at radius 1 is 1.62 bits per heavy atom. The maximum Gasteiger partial charge on any atom is 0.304 e. The molecule has 0 aliphatic carbocycles. The van der Waals surface area contributed by atoms with Crippen LogP contribution in [0.4, 0.5) is 0 Å². The Labute approximate surface area is 82.8 Å². The highest BCUT2D eigenvalue weighted by atomic mass is 32.2. The summed E-state index contributed by atoms with van der Waals surface area (Å²) in [6.07, 6.45) is 3.28. The van der Waals surface area contributed by atoms with Crippen molar-refractivity contribution in [2.24, 2.45) is 0 Å². The molecule has 76 valence electrons. The molecule has 1 N–H and O–H groups in total. The Morgan fingerprint density at radius 2 is 2.38 bits per heavy atom. The van der Waals surface area contributed by atoms with Crippen LogP contribution in [0, 0.1) is 0 Å². The van der Waals surface area contributed by atoms with Gasteiger partial charge in [0.15, 0.2) is 0 Å². The first-order valence-electron chi connectivity index (χ1n) is 4.63. The van der Waals surface area contributed by atoms with Crippen LogP contribution in [0.3, 0.4) is 0 Å². The third-order valence-electron chi connectivity index (χ3n) is 2.08. The summed E-state index contributed by atoms with van der Waals surface area (Å²) in [6, 6.07) is 0. The molecule has 0 saturated carbocycles. The van der Waals surface area contributed by atoms with Gasteiger partial charge in [-0.3, -0.25) is 4.79 Å². The highest BCUT2D eigenvalue weighted by Gasteiger charge is 2.21. The summed E-state index contributed by atoms with van der Waals surface area (Å²) in [5, 5.41) is 8.40. The molecule has 0 aromatic rings. The molecule has 1 fully saturated rings. The molecule has 3 nitrogen and oxygen atoms in total. The first kappa shape index (κ1) is 10.9. The van der Waals surface area contributed by atoms with E-state index in [0.29, 0.717) is 18.0 Å². The van der Waals surface area contributed by atoms with Crippen LogP contribution in [0.25, 0.3) is 0 Å². The largest absolute Gasteiger partial charge is 0.481 e. The standard InChI is InChI=1S/C9H16O3S/c1-7-2-3-8(12-7)6-13-5-4-9(10)11/h7-8H,2-6H2,1H3,(H,10,11). The molecule has 1 heterocycles. The molecule has 0 spiro atoms. The number of aliphatic carboxylic acids is 1. The first-order chi connectivity index (χ1) is 6.18. The van der Waals surface area contributed by atoms with E-state index in [-0.39, 0.29) is 6.42 Å². The molecule has 0 aromatic carbocycles. The normalized spacial score (nSPS) is 27.8. The van der Waals surface area contributed by atoms with Gasteiger partial charge in [0, 0.05) is 11.5 Å². The average molecular weight is 204 g/mol. The fourth-order valence-electron chi connectivity index (χ4n) is 1.38. The number of carbonyl (C=O) groups is 1. The van der Waals surface area contributed by atoms with E-state index < -0.39 is 5.97 Å². The molecule has 1 aliphatic heterocycles. The van der Waals surface area contributed by atoms with Crippen LogP contribution in [0.15, 0.2) is 0 Å². The van der Waals surface area contributed by atoms with Gasteiger partial charge in [-0.25, -0.2) is 0 Å². The van der Waals surface area contributed by atoms with Crippen LogP contribution in [-0.2, 0) is 9.53 Å². The number of carboxylic acids is 1. The number of carboxylic acid groups (broad SMARTS) is 1. The maximum atomic E-state index is 10.2. The minimum absolute atomic E-state index is 0.257. The summed E-state index contributed by atoms with van der Waals surface area (Å²) in [4.78, 5) is 10.2. The van der Waals surface area contributed by atoms with Gasteiger partial charge < -0.3 is 9.84 Å². The van der Waals surface area contributed by atoms with E-state index in [9.17, 15) is 4.79 Å². The van der Waals surface area contributed by atoms with Crippen LogP contribution < -0.4 is 0 Å². The van der Waals surface area contributed by atoms with Crippen LogP contribution in [0.5, 0.6) is 0 Å². The Morgan fingerprint density at radius 3 is 2.92 bits per heavy atom. The number of hydrogen-bond acceptors (Lipinski definition) is 3. The van der Waals surface area contributed by atoms with Crippen molar-refractivity contribution >= 4 is 17.7 Å². The lowest BCUT2D eigenvalue weighted by Gasteiger charge is -2.09. The van der Waals surface area contributed by atoms with E-state index in [2.05, 4.69) is 6.92 Å². The third kappa shape index (κ3) is 4.52. The van der Waals surface area contributed by atoms with Crippen molar-refractivity contribution in [1.82, 2.24) is 0 Å². The molecule has 0 aromatic heterocycles. The van der Waals surface area contributed by atoms with E-state index in [0.717, 1.165) is 18.6 Å². The molecule has 2 atom stereocenters. The third-order valence-corrected chi connectivity index (χ3v) is 3.18. The topological polar surface area (TPSA) is 46.5 Å². The van der Waals surface area contributed by atoms with Crippen molar-refractivity contribution < 1.29 is 14.6 Å². The zero-order chi connectivity index (χ0) is 9.68. The Bertz CT molecular complexity index is 172. The van der Waals surface area contributed by atoms with Gasteiger partial charge in [0.2, 0.25) is 0 Å². The fraction of sp³-hybridized carbons (Fsp3) is 0.889. The zero-order valence-electron chi connectivity index (χ0n) is 7.86. The zero-order valence-corrected chi connectivity index (χ0v) is 8.68. The van der Waals surface area contributed by atoms with Crippen molar-refractivity contribution in [2.45, 2.75) is 38.4 Å². The molecule has 2 unspecified atom stereocenters. The SMILES string of the molecule is CC1CCC(CSCCC(=O)O)O1. The number of rotatable bonds is 5. The second kappa shape index (κ2) is 5.50. The molecule has 1 rings (SSSR count). The molecule has 1 saturated heterocycles. The smallest absolute Gasteiger partial charge is 0.304 e. The lowest BCUT2D eigenvalue weighted by Crippen LogP contribution is -2.11. The summed E-state index contributed by atoms with van der Waals surface area (Å²) >= 11 is 1.68. The minimum atomic E-state index is -0.715. The van der Waals surface area contributed by atoms with Crippen LogP contribution in [-0.4, -0.2) is 34.8 Å². The Kier molecular flexibility index (Phi) is 4.59. The first-order valence-corrected chi connectivity index (χ1v) is 5.79. The second-order valence-corrected chi connectivity index (χ2v) is 4.51. The summed E-state index contributed by atoms with van der Waals surface area (Å²) in [7, 11) is 0. The lowest BCUT2D eigenvalue weighted by molar-refractivity contribution is -0.136. The Hall–Kier alpha value is -0.220. The van der Waals surface area contributed by atoms with Crippen LogP contribution >= 0.6 is 11.8 Å². The molecule has 4 heteroatoms. The monoisotopic (exact) mass is 204 g/mol. The molecule has 0 bridgehead atoms. The number of thioether (sulfide) groups is 1. The molecule has 1 aliphatic rings. The van der Waals surface area contributed by atoms with E-state index in [1.807, 2.05) is 0 Å². The van der Waals surface area contributed by atoms with Gasteiger partial charge in [-0.2, -0.15) is 11.8 Å². The summed E-state index contributed by atoms with van der Waals surface area (Å²) < 4.78 is 5.60. The highest BCUT2D eigenvalue weighted by Crippen LogP contribution is 2.22. The van der Waals surface area contributed by atoms with Gasteiger partial charge in [-0.05, 0) is 19.8 Å². The maximum absolute atomic E-state index is 10.2. The molecular weight excluding hydrogens is 188 g/mol. The van der Waals surface area contributed by atoms with Crippen molar-refractivity contribution in [3.05, 3.63) is 0 Å².